The summed E-state index contributed by atoms with van der Waals surface area (Å²) in [4.78, 5) is 10.5. The molecule has 1 aliphatic heterocycles. The van der Waals surface area contributed by atoms with Crippen LogP contribution in [0, 0.1) is 156 Å². The van der Waals surface area contributed by atoms with Crippen LogP contribution in [-0.2, 0) is 393 Å². The number of fused-ring (bicyclic) bond motifs is 2. The predicted octanol–water partition coefficient (Wildman–Crippen LogP) is 30.9. The van der Waals surface area contributed by atoms with E-state index in [0.29, 0.717) is 5.92 Å². The molecule has 0 aliphatic carbocycles. The van der Waals surface area contributed by atoms with Gasteiger partial charge in [0.05, 0.1) is 0 Å². The zero-order chi connectivity index (χ0) is 78.3. The van der Waals surface area contributed by atoms with Crippen molar-refractivity contribution in [2.24, 2.45) is 0 Å². The van der Waals surface area contributed by atoms with Crippen LogP contribution in [0.3, 0.4) is 0 Å². The number of benzene rings is 14. The summed E-state index contributed by atoms with van der Waals surface area (Å²) >= 11 is 0. The molecule has 0 spiro atoms. The summed E-state index contributed by atoms with van der Waals surface area (Å²) in [5, 5.41) is 0. The van der Waals surface area contributed by atoms with Crippen LogP contribution in [-0.4, -0.2) is 35.2 Å². The number of nitrogens with zero attached hydrogens (tertiary/aromatic N) is 5. The normalized spacial score (nSPS) is 8.92. The van der Waals surface area contributed by atoms with Crippen LogP contribution in [0.2, 0.25) is 0 Å². The first-order valence-corrected chi connectivity index (χ1v) is 37.5. The van der Waals surface area contributed by atoms with Gasteiger partial charge in [0.25, 0.3) is 0 Å². The van der Waals surface area contributed by atoms with Gasteiger partial charge in [-0.2, -0.15) is 218 Å². The number of hydrogen-bond acceptors (Lipinski definition) is 5. The van der Waals surface area contributed by atoms with E-state index in [4.69, 9.17) is 0 Å². The topological polar surface area (TPSA) is 16.2 Å². The Labute approximate surface area is 1090 Å². The molecule has 14 aromatic carbocycles. The maximum absolute atomic E-state index is 3.60. The fraction of sp³-hybridized carbons (Fsp3) is 0.171. The number of hydrogen-bond donors (Lipinski definition) is 0. The predicted molar refractivity (Wildman–Crippen MR) is 515 cm³/mol. The molecule has 5 nitrogen and oxygen atoms in total. The first kappa shape index (κ1) is 166. The summed E-state index contributed by atoms with van der Waals surface area (Å²) in [6, 6.07) is 148. The first-order valence-electron chi connectivity index (χ1n) is 37.5. The molecule has 4 radical (unpaired) electrons. The Kier molecular flexibility index (Phi) is 131. The standard InChI is InChI=1S/C21H17N.3C19H13N.C13H11N.6C2H6.8CH3.12Y/c1-15-18-10-6-7-11-20(18)22(2)21-14-17(12-13-19(15)21)16-8-4-3-5-9-16;1-20(17-12-6-3-7-13-17)19-15-9-8-14-18(19)16-10-4-2-5-11-16;1-20(18-12-6-3-7-13-18)19-14-8-11-17(15-19)16-9-4-2-5-10-16;1-20(18-10-6-3-7-11-18)19-14-12-17(13-15-19)16-8-4-2-5-9-16;1-14(12-8-4-2-5-9-12)13-10-6-3-7-11-13;6*1-2;;;;;;;;;;;;;;;;;;;;/h3-8,10-13,15H,1-2H3;2-10,12H,1H3;2-9,12,15H,1H3;2-8,10,12,15H,1H3;2-8,10H,1H3;6*1-2H3;8*1H3;;;;;;;;;;;;/q-2;3*-4;-2;;;;;;;8*-1;;;;;8*+3. The minimum Gasteiger partial charge on any atom is -0.429 e. The number of para-hydroxylation sites is 6. The van der Waals surface area contributed by atoms with Gasteiger partial charge in [-0.3, -0.25) is 42.0 Å². The second kappa shape index (κ2) is 101. The van der Waals surface area contributed by atoms with Crippen molar-refractivity contribution >= 4 is 56.9 Å². The fourth-order valence-electron chi connectivity index (χ4n) is 10.8. The van der Waals surface area contributed by atoms with Crippen LogP contribution in [0.25, 0.3) is 44.5 Å². The second-order valence-corrected chi connectivity index (χ2v) is 22.2. The van der Waals surface area contributed by atoms with E-state index in [2.05, 4.69) is 179 Å². The summed E-state index contributed by atoms with van der Waals surface area (Å²) < 4.78 is 0. The minimum absolute atomic E-state index is 0. The Morgan fingerprint density at radius 1 is 0.250 bits per heavy atom. The molecule has 128 heavy (non-hydrogen) atoms. The van der Waals surface area contributed by atoms with E-state index in [9.17, 15) is 0 Å². The van der Waals surface area contributed by atoms with E-state index in [1.165, 1.54) is 22.5 Å². The van der Waals surface area contributed by atoms with Crippen molar-refractivity contribution in [2.75, 3.05) is 59.7 Å². The molecule has 1 aliphatic rings. The van der Waals surface area contributed by atoms with E-state index in [1.54, 1.807) is 0 Å². The van der Waals surface area contributed by atoms with E-state index >= 15 is 0 Å². The van der Waals surface area contributed by atoms with Crippen molar-refractivity contribution in [3.05, 3.63) is 459 Å². The molecule has 1 unspecified atom stereocenters. The molecule has 0 amide bonds. The van der Waals surface area contributed by atoms with Crippen LogP contribution < -0.4 is 24.5 Å². The fourth-order valence-corrected chi connectivity index (χ4v) is 10.8. The van der Waals surface area contributed by atoms with Crippen LogP contribution in [0.1, 0.15) is 107 Å². The van der Waals surface area contributed by atoms with E-state index in [-0.39, 0.29) is 452 Å². The molecule has 17 heteroatoms. The molecule has 0 saturated heterocycles. The second-order valence-electron chi connectivity index (χ2n) is 22.2. The number of anilines is 10. The summed E-state index contributed by atoms with van der Waals surface area (Å²) in [5.74, 6) is 0.396. The maximum Gasteiger partial charge on any atom is 3.00 e. The zero-order valence-corrected chi connectivity index (χ0v) is 116. The molecule has 0 fully saturated rings. The van der Waals surface area contributed by atoms with Crippen molar-refractivity contribution in [3.63, 3.8) is 0 Å². The summed E-state index contributed by atoms with van der Waals surface area (Å²) in [5.41, 5.74) is 21.5. The molecule has 0 N–H and O–H groups in total. The largest absolute Gasteiger partial charge is 3.00 e. The quantitative estimate of drug-likeness (QED) is 0.113. The van der Waals surface area contributed by atoms with Gasteiger partial charge >= 0.3 is 262 Å². The Morgan fingerprint density at radius 2 is 0.570 bits per heavy atom. The molecule has 0 bridgehead atoms. The molecule has 15 rings (SSSR count). The third-order valence-electron chi connectivity index (χ3n) is 16.1. The van der Waals surface area contributed by atoms with E-state index in [0.717, 1.165) is 90.0 Å². The molecule has 14 aromatic rings. The van der Waals surface area contributed by atoms with Gasteiger partial charge in [0, 0.05) is 158 Å². The Hall–Kier alpha value is 1.33. The Bertz CT molecular complexity index is 4600. The van der Waals surface area contributed by atoms with Crippen molar-refractivity contribution in [1.82, 2.24) is 0 Å². The monoisotopic (exact) mass is 2600 g/mol. The average Bonchev–Trinajstić information content (AvgIpc) is 0.756. The van der Waals surface area contributed by atoms with Crippen molar-refractivity contribution in [3.8, 4) is 44.5 Å². The van der Waals surface area contributed by atoms with E-state index < -0.39 is 0 Å². The molecule has 0 saturated carbocycles. The summed E-state index contributed by atoms with van der Waals surface area (Å²) in [6.07, 6.45) is 0. The van der Waals surface area contributed by atoms with Gasteiger partial charge in [-0.05, 0) is 37.3 Å². The zero-order valence-electron chi connectivity index (χ0n) is 81.5. The minimum atomic E-state index is 0. The van der Waals surface area contributed by atoms with E-state index in [1.807, 2.05) is 359 Å². The Morgan fingerprint density at radius 3 is 0.930 bits per heavy atom. The van der Waals surface area contributed by atoms with Gasteiger partial charge in [-0.25, -0.2) is 45.6 Å². The van der Waals surface area contributed by atoms with Gasteiger partial charge in [0.2, 0.25) is 0 Å². The van der Waals surface area contributed by atoms with Gasteiger partial charge in [-0.1, -0.05) is 142 Å². The average molecular weight is 2600 g/mol. The summed E-state index contributed by atoms with van der Waals surface area (Å²) in [7, 11) is 10.2. The Balaban J connectivity index is -0.0000000821. The smallest absolute Gasteiger partial charge is 0.429 e. The first-order chi connectivity index (χ1) is 53.2. The summed E-state index contributed by atoms with van der Waals surface area (Å²) in [6.45, 7) is 26.3. The van der Waals surface area contributed by atoms with Crippen molar-refractivity contribution in [1.29, 1.82) is 0 Å². The van der Waals surface area contributed by atoms with Gasteiger partial charge in [0.1, 0.15) is 0 Å². The van der Waals surface area contributed by atoms with Crippen LogP contribution in [0.4, 0.5) is 56.9 Å². The third kappa shape index (κ3) is 54.9. The molecule has 1 heterocycles. The van der Waals surface area contributed by atoms with Gasteiger partial charge in [0.15, 0.2) is 0 Å². The molecular weight excluding hydrogens is 2470 g/mol. The van der Waals surface area contributed by atoms with Gasteiger partial charge < -0.3 is 114 Å². The molecule has 0 aromatic heterocycles. The van der Waals surface area contributed by atoms with Crippen molar-refractivity contribution < 1.29 is 393 Å². The third-order valence-corrected chi connectivity index (χ3v) is 16.1. The van der Waals surface area contributed by atoms with Crippen LogP contribution in [0.5, 0.6) is 0 Å². The van der Waals surface area contributed by atoms with Gasteiger partial charge in [-0.15, -0.1) is 90.6 Å². The number of rotatable bonds is 12. The molecule has 632 valence electrons. The molecule has 1 atom stereocenters. The SMILES string of the molecule is CC.CC.CC.CC.CC.CC.CC1c2ccc(-c3[c-]cccc3)[c-]c2N(C)c2ccccc21.CN(c1[c-]cc(-c2[c-]cccc2)[c-]c1)c1[c-]cccc1.CN(c1[c-]cccc1)c1[c-]c[c-]c(-c2[c-]cccc2)c1.CN(c1[c-]cccc1)c1[c-]cc[c-]c1-c1[c-]cccc1.CN(c1[c-]cccc1)c1[c-]cccc1.[CH3-].[CH3-].[CH3-].[CH3-].[CH3-].[CH3-].[CH3-].[CH3-].[Y+3].[Y+3].[Y+3].[Y+3].[Y+3].[Y+3].[Y+3].[Y+3].[Y].[Y].[Y].[Y]. The van der Waals surface area contributed by atoms with Crippen LogP contribution >= 0.6 is 0 Å². The van der Waals surface area contributed by atoms with Crippen LogP contribution in [0.15, 0.2) is 291 Å². The van der Waals surface area contributed by atoms with Crippen molar-refractivity contribution in [2.45, 2.75) is 95.9 Å². The molecular formula is C111H127N5Y12. The maximum atomic E-state index is 3.60.